The van der Waals surface area contributed by atoms with Crippen LogP contribution in [0.1, 0.15) is 30.0 Å². The second kappa shape index (κ2) is 7.98. The number of anilines is 1. The molecule has 0 bridgehead atoms. The molecular weight excluding hydrogens is 398 g/mol. The van der Waals surface area contributed by atoms with E-state index in [-0.39, 0.29) is 6.42 Å². The first-order valence-corrected chi connectivity index (χ1v) is 10.5. The first-order valence-electron chi connectivity index (χ1n) is 10.5. The van der Waals surface area contributed by atoms with Gasteiger partial charge in [-0.1, -0.05) is 0 Å². The minimum absolute atomic E-state index is 0.0490. The van der Waals surface area contributed by atoms with Gasteiger partial charge in [0.1, 0.15) is 18.8 Å². The lowest BCUT2D eigenvalue weighted by molar-refractivity contribution is -0.152. The van der Waals surface area contributed by atoms with Gasteiger partial charge in [-0.15, -0.1) is 0 Å². The van der Waals surface area contributed by atoms with E-state index < -0.39 is 18.0 Å². The zero-order valence-electron chi connectivity index (χ0n) is 17.2. The number of ether oxygens (including phenoxy) is 3. The maximum absolute atomic E-state index is 12.5. The van der Waals surface area contributed by atoms with E-state index in [4.69, 9.17) is 18.6 Å². The van der Waals surface area contributed by atoms with Crippen LogP contribution in [0.5, 0.6) is 11.5 Å². The number of furan rings is 1. The Bertz CT molecular complexity index is 1160. The van der Waals surface area contributed by atoms with E-state index >= 15 is 0 Å². The summed E-state index contributed by atoms with van der Waals surface area (Å²) in [6.45, 7) is 2.51. The first kappa shape index (κ1) is 19.5. The Kier molecular flexibility index (Phi) is 5.02. The van der Waals surface area contributed by atoms with E-state index in [0.717, 1.165) is 35.8 Å². The van der Waals surface area contributed by atoms with E-state index in [2.05, 4.69) is 17.4 Å². The summed E-state index contributed by atoms with van der Waals surface area (Å²) < 4.78 is 22.0. The van der Waals surface area contributed by atoms with Crippen LogP contribution < -0.4 is 14.8 Å². The fourth-order valence-electron chi connectivity index (χ4n) is 4.10. The van der Waals surface area contributed by atoms with Gasteiger partial charge in [0.2, 0.25) is 0 Å². The molecule has 7 heteroatoms. The van der Waals surface area contributed by atoms with Gasteiger partial charge in [0.15, 0.2) is 17.6 Å². The number of nitrogens with one attached hydrogen (secondary N) is 1. The normalized spacial score (nSPS) is 15.4. The average molecular weight is 421 g/mol. The lowest BCUT2D eigenvalue weighted by Crippen LogP contribution is -2.30. The lowest BCUT2D eigenvalue weighted by Gasteiger charge is -2.19. The number of amides is 1. The Morgan fingerprint density at radius 2 is 1.84 bits per heavy atom. The molecule has 0 saturated heterocycles. The predicted octanol–water partition coefficient (Wildman–Crippen LogP) is 3.81. The van der Waals surface area contributed by atoms with Gasteiger partial charge in [0.05, 0.1) is 12.7 Å². The molecule has 0 radical (unpaired) electrons. The van der Waals surface area contributed by atoms with Gasteiger partial charge in [-0.3, -0.25) is 9.59 Å². The van der Waals surface area contributed by atoms with E-state index in [1.807, 2.05) is 0 Å². The first-order chi connectivity index (χ1) is 15.1. The lowest BCUT2D eigenvalue weighted by atomic mass is 10.0. The molecule has 1 aliphatic carbocycles. The number of carbonyl (C=O) groups excluding carboxylic acids is 2. The molecule has 160 valence electrons. The van der Waals surface area contributed by atoms with Crippen LogP contribution in [0.4, 0.5) is 5.69 Å². The number of benzene rings is 2. The number of carbonyl (C=O) groups is 2. The standard InChI is InChI=1S/C24H23NO6/c1-14(24(27)25-18-5-6-20-22(12-18)29-8-7-28-20)31-23(26)11-17-13-30-21-10-16-4-2-3-15(16)9-19(17)21/h5-6,9-10,12-14H,2-4,7-8,11H2,1H3,(H,25,27). The fraction of sp³-hybridized carbons (Fsp3) is 0.333. The van der Waals surface area contributed by atoms with Gasteiger partial charge in [0.25, 0.3) is 5.91 Å². The van der Waals surface area contributed by atoms with Crippen LogP contribution in [0.3, 0.4) is 0 Å². The summed E-state index contributed by atoms with van der Waals surface area (Å²) in [5.74, 6) is 0.321. The molecule has 1 atom stereocenters. The Balaban J connectivity index is 1.21. The van der Waals surface area contributed by atoms with Gasteiger partial charge in [-0.25, -0.2) is 0 Å². The molecule has 5 rings (SSSR count). The summed E-state index contributed by atoms with van der Waals surface area (Å²) >= 11 is 0. The maximum Gasteiger partial charge on any atom is 0.311 e. The van der Waals surface area contributed by atoms with Crippen molar-refractivity contribution < 1.29 is 28.2 Å². The number of fused-ring (bicyclic) bond motifs is 3. The third-order valence-electron chi connectivity index (χ3n) is 5.69. The van der Waals surface area contributed by atoms with Crippen molar-refractivity contribution in [2.45, 2.75) is 38.7 Å². The molecule has 1 unspecified atom stereocenters. The van der Waals surface area contributed by atoms with Gasteiger partial charge in [-0.05, 0) is 61.6 Å². The highest BCUT2D eigenvalue weighted by Gasteiger charge is 2.22. The summed E-state index contributed by atoms with van der Waals surface area (Å²) in [4.78, 5) is 24.9. The zero-order valence-corrected chi connectivity index (χ0v) is 17.2. The van der Waals surface area contributed by atoms with E-state index in [1.54, 1.807) is 31.4 Å². The zero-order chi connectivity index (χ0) is 21.4. The van der Waals surface area contributed by atoms with Crippen molar-refractivity contribution in [3.05, 3.63) is 53.3 Å². The molecule has 2 aliphatic rings. The molecule has 31 heavy (non-hydrogen) atoms. The van der Waals surface area contributed by atoms with Crippen molar-refractivity contribution in [2.24, 2.45) is 0 Å². The van der Waals surface area contributed by atoms with E-state index in [9.17, 15) is 9.59 Å². The minimum atomic E-state index is -0.942. The van der Waals surface area contributed by atoms with E-state index in [0.29, 0.717) is 30.4 Å². The third kappa shape index (κ3) is 3.95. The summed E-state index contributed by atoms with van der Waals surface area (Å²) in [6, 6.07) is 9.33. The van der Waals surface area contributed by atoms with Crippen molar-refractivity contribution in [1.29, 1.82) is 0 Å². The quantitative estimate of drug-likeness (QED) is 0.631. The molecule has 1 amide bonds. The molecular formula is C24H23NO6. The van der Waals surface area contributed by atoms with Crippen LogP contribution in [0.15, 0.2) is 41.0 Å². The minimum Gasteiger partial charge on any atom is -0.486 e. The fourth-order valence-corrected chi connectivity index (χ4v) is 4.10. The summed E-state index contributed by atoms with van der Waals surface area (Å²) in [6.07, 6.45) is 3.98. The molecule has 1 N–H and O–H groups in total. The number of hydrogen-bond acceptors (Lipinski definition) is 6. The maximum atomic E-state index is 12.5. The second-order valence-electron chi connectivity index (χ2n) is 7.89. The Morgan fingerprint density at radius 3 is 2.68 bits per heavy atom. The summed E-state index contributed by atoms with van der Waals surface area (Å²) in [5, 5.41) is 3.68. The molecule has 0 spiro atoms. The van der Waals surface area contributed by atoms with Crippen LogP contribution in [0, 0.1) is 0 Å². The number of aryl methyl sites for hydroxylation is 2. The van der Waals surface area contributed by atoms with Gasteiger partial charge in [0, 0.05) is 22.7 Å². The SMILES string of the molecule is CC(OC(=O)Cc1coc2cc3c(cc12)CCC3)C(=O)Nc1ccc2c(c1)OCCO2. The summed E-state index contributed by atoms with van der Waals surface area (Å²) in [5.41, 5.74) is 4.74. The van der Waals surface area contributed by atoms with Crippen LogP contribution in [0.25, 0.3) is 11.0 Å². The van der Waals surface area contributed by atoms with Crippen LogP contribution in [-0.4, -0.2) is 31.2 Å². The van der Waals surface area contributed by atoms with Crippen LogP contribution >= 0.6 is 0 Å². The molecule has 1 aliphatic heterocycles. The highest BCUT2D eigenvalue weighted by atomic mass is 16.6. The third-order valence-corrected chi connectivity index (χ3v) is 5.69. The largest absolute Gasteiger partial charge is 0.486 e. The van der Waals surface area contributed by atoms with Crippen molar-refractivity contribution in [3.63, 3.8) is 0 Å². The summed E-state index contributed by atoms with van der Waals surface area (Å²) in [7, 11) is 0. The number of hydrogen-bond donors (Lipinski definition) is 1. The second-order valence-corrected chi connectivity index (χ2v) is 7.89. The topological polar surface area (TPSA) is 87.0 Å². The Labute approximate surface area is 179 Å². The Morgan fingerprint density at radius 1 is 1.06 bits per heavy atom. The van der Waals surface area contributed by atoms with Gasteiger partial charge < -0.3 is 23.9 Å². The number of esters is 1. The van der Waals surface area contributed by atoms with Crippen molar-refractivity contribution in [2.75, 3.05) is 18.5 Å². The smallest absolute Gasteiger partial charge is 0.311 e. The Hall–Kier alpha value is -3.48. The highest BCUT2D eigenvalue weighted by Crippen LogP contribution is 2.33. The van der Waals surface area contributed by atoms with Crippen LogP contribution in [0.2, 0.25) is 0 Å². The molecule has 0 fully saturated rings. The van der Waals surface area contributed by atoms with Crippen molar-refractivity contribution >= 4 is 28.5 Å². The molecule has 0 saturated carbocycles. The van der Waals surface area contributed by atoms with Gasteiger partial charge in [-0.2, -0.15) is 0 Å². The molecule has 7 nitrogen and oxygen atoms in total. The van der Waals surface area contributed by atoms with Crippen molar-refractivity contribution in [3.8, 4) is 11.5 Å². The van der Waals surface area contributed by atoms with E-state index in [1.165, 1.54) is 11.1 Å². The molecule has 2 heterocycles. The average Bonchev–Trinajstić information content (AvgIpc) is 3.38. The number of rotatable bonds is 5. The van der Waals surface area contributed by atoms with Crippen molar-refractivity contribution in [1.82, 2.24) is 0 Å². The highest BCUT2D eigenvalue weighted by molar-refractivity contribution is 5.95. The molecule has 3 aromatic rings. The monoisotopic (exact) mass is 421 g/mol. The van der Waals surface area contributed by atoms with Gasteiger partial charge >= 0.3 is 5.97 Å². The predicted molar refractivity (Wildman–Crippen MR) is 114 cm³/mol. The van der Waals surface area contributed by atoms with Crippen LogP contribution in [-0.2, 0) is 33.6 Å². The molecule has 1 aromatic heterocycles. The molecule has 2 aromatic carbocycles.